The summed E-state index contributed by atoms with van der Waals surface area (Å²) in [6.45, 7) is 10.2. The SMILES string of the molecule is CC(C)(C)OC(=O)COC[C@H](CCn1cnc2c(NC(=O)c3ccccc3)ncnc21)NC(=O)COC[C@H](CCn1cnc2c(NC(=O)c3ccccc3)ncnc21)NC(=O)OC(C)(C)C. The first-order chi connectivity index (χ1) is 31.5. The maximum absolute atomic E-state index is 13.4. The average molecular weight is 907 g/mol. The van der Waals surface area contributed by atoms with Gasteiger partial charge in [-0.05, 0) is 78.6 Å². The van der Waals surface area contributed by atoms with Gasteiger partial charge < -0.3 is 49.3 Å². The molecule has 0 spiro atoms. The van der Waals surface area contributed by atoms with Crippen LogP contribution in [-0.4, -0.2) is 119 Å². The second kappa shape index (κ2) is 22.0. The Morgan fingerprint density at radius 3 is 1.50 bits per heavy atom. The lowest BCUT2D eigenvalue weighted by atomic mass is 10.2. The first kappa shape index (κ1) is 48.1. The molecule has 0 unspecified atom stereocenters. The molecule has 0 saturated heterocycles. The number of aryl methyl sites for hydroxylation is 2. The Labute approximate surface area is 380 Å². The van der Waals surface area contributed by atoms with Gasteiger partial charge in [0.2, 0.25) is 5.91 Å². The predicted octanol–water partition coefficient (Wildman–Crippen LogP) is 4.70. The number of hydrogen-bond donors (Lipinski definition) is 4. The van der Waals surface area contributed by atoms with E-state index in [1.54, 1.807) is 112 Å². The molecule has 0 saturated carbocycles. The molecular weight excluding hydrogens is 853 g/mol. The molecule has 0 aliphatic heterocycles. The number of rotatable bonds is 20. The summed E-state index contributed by atoms with van der Waals surface area (Å²) in [6, 6.07) is 16.2. The van der Waals surface area contributed by atoms with E-state index in [9.17, 15) is 24.0 Å². The van der Waals surface area contributed by atoms with Gasteiger partial charge >= 0.3 is 12.1 Å². The van der Waals surface area contributed by atoms with Gasteiger partial charge in [-0.25, -0.2) is 39.5 Å². The van der Waals surface area contributed by atoms with Crippen LogP contribution in [-0.2, 0) is 41.6 Å². The topological polar surface area (TPSA) is 258 Å². The number of benzene rings is 2. The van der Waals surface area contributed by atoms with E-state index in [-0.39, 0.29) is 49.9 Å². The zero-order valence-corrected chi connectivity index (χ0v) is 37.6. The van der Waals surface area contributed by atoms with Crippen LogP contribution in [0.25, 0.3) is 22.3 Å². The smallest absolute Gasteiger partial charge is 0.407 e. The highest BCUT2D eigenvalue weighted by Gasteiger charge is 2.23. The number of aromatic nitrogens is 8. The third-order valence-electron chi connectivity index (χ3n) is 9.37. The Morgan fingerprint density at radius 2 is 1.03 bits per heavy atom. The largest absolute Gasteiger partial charge is 0.458 e. The van der Waals surface area contributed by atoms with E-state index < -0.39 is 41.3 Å². The van der Waals surface area contributed by atoms with Crippen molar-refractivity contribution in [1.29, 1.82) is 0 Å². The van der Waals surface area contributed by atoms with Crippen molar-refractivity contribution in [3.05, 3.63) is 97.1 Å². The first-order valence-corrected chi connectivity index (χ1v) is 21.2. The number of nitrogens with one attached hydrogen (secondary N) is 4. The fourth-order valence-corrected chi connectivity index (χ4v) is 6.49. The normalized spacial score (nSPS) is 12.6. The Kier molecular flexibility index (Phi) is 16.0. The maximum Gasteiger partial charge on any atom is 0.407 e. The monoisotopic (exact) mass is 906 g/mol. The van der Waals surface area contributed by atoms with Crippen LogP contribution < -0.4 is 21.3 Å². The van der Waals surface area contributed by atoms with Crippen molar-refractivity contribution in [3.8, 4) is 0 Å². The van der Waals surface area contributed by atoms with Crippen LogP contribution in [0.15, 0.2) is 86.0 Å². The molecular formula is C45H54N12O9. The van der Waals surface area contributed by atoms with Crippen LogP contribution in [0, 0.1) is 0 Å². The highest BCUT2D eigenvalue weighted by atomic mass is 16.6. The molecule has 4 N–H and O–H groups in total. The Morgan fingerprint density at radius 1 is 0.576 bits per heavy atom. The minimum atomic E-state index is -0.773. The quantitative estimate of drug-likeness (QED) is 0.0757. The zero-order chi connectivity index (χ0) is 47.3. The zero-order valence-electron chi connectivity index (χ0n) is 37.6. The lowest BCUT2D eigenvalue weighted by Crippen LogP contribution is -2.44. The van der Waals surface area contributed by atoms with E-state index in [1.807, 2.05) is 12.1 Å². The van der Waals surface area contributed by atoms with Gasteiger partial charge in [0.15, 0.2) is 34.0 Å². The number of carbonyl (C=O) groups excluding carboxylic acids is 5. The summed E-state index contributed by atoms with van der Waals surface area (Å²) in [5.74, 6) is -1.27. The van der Waals surface area contributed by atoms with Gasteiger partial charge in [-0.15, -0.1) is 0 Å². The fraction of sp³-hybridized carbons (Fsp3) is 0.400. The third kappa shape index (κ3) is 14.3. The van der Waals surface area contributed by atoms with Gasteiger partial charge in [-0.2, -0.15) is 0 Å². The third-order valence-corrected chi connectivity index (χ3v) is 9.37. The van der Waals surface area contributed by atoms with Gasteiger partial charge in [-0.1, -0.05) is 36.4 Å². The molecule has 6 aromatic rings. The molecule has 21 heteroatoms. The van der Waals surface area contributed by atoms with Crippen LogP contribution in [0.3, 0.4) is 0 Å². The van der Waals surface area contributed by atoms with Crippen molar-refractivity contribution < 1.29 is 42.9 Å². The van der Waals surface area contributed by atoms with Gasteiger partial charge in [0.25, 0.3) is 11.8 Å². The van der Waals surface area contributed by atoms with Crippen LogP contribution in [0.5, 0.6) is 0 Å². The van der Waals surface area contributed by atoms with Crippen molar-refractivity contribution in [2.45, 2.75) is 90.8 Å². The molecule has 21 nitrogen and oxygen atoms in total. The summed E-state index contributed by atoms with van der Waals surface area (Å²) in [6.07, 6.45) is 5.71. The van der Waals surface area contributed by atoms with Gasteiger partial charge in [0, 0.05) is 24.2 Å². The Balaban J connectivity index is 1.09. The second-order valence-corrected chi connectivity index (χ2v) is 17.1. The first-order valence-electron chi connectivity index (χ1n) is 21.2. The van der Waals surface area contributed by atoms with E-state index in [0.29, 0.717) is 59.4 Å². The van der Waals surface area contributed by atoms with Crippen LogP contribution in [0.4, 0.5) is 16.4 Å². The number of nitrogens with zero attached hydrogens (tertiary/aromatic N) is 8. The minimum Gasteiger partial charge on any atom is -0.458 e. The number of carbonyl (C=O) groups is 5. The standard InChI is InChI=1S/C45H54N12O9/c1-44(2,3)65-34(59)24-64-21-31(17-19-56-27-50-35-37(46-25-48-39(35)56)54-41(60)29-13-9-7-10-14-29)52-33(58)23-63-22-32(53-43(62)66-45(4,5)6)18-20-57-28-51-36-38(47-26-49-40(36)57)55-42(61)30-15-11-8-12-16-30/h7-16,25-28,31-32H,17-24H2,1-6H3,(H,52,58)(H,53,62)(H,46,48,54,60)(H,47,49,55,61)/t31-,32-/m0/s1. The summed E-state index contributed by atoms with van der Waals surface area (Å²) in [7, 11) is 0. The van der Waals surface area contributed by atoms with Crippen molar-refractivity contribution >= 4 is 63.7 Å². The Bertz CT molecular complexity index is 2610. The molecule has 0 radical (unpaired) electrons. The molecule has 0 bridgehead atoms. The molecule has 66 heavy (non-hydrogen) atoms. The van der Waals surface area contributed by atoms with E-state index in [2.05, 4.69) is 51.2 Å². The highest BCUT2D eigenvalue weighted by Crippen LogP contribution is 2.21. The second-order valence-electron chi connectivity index (χ2n) is 17.1. The number of fused-ring (bicyclic) bond motifs is 2. The van der Waals surface area contributed by atoms with Gasteiger partial charge in [-0.3, -0.25) is 14.4 Å². The average Bonchev–Trinajstić information content (AvgIpc) is 3.89. The summed E-state index contributed by atoms with van der Waals surface area (Å²) in [5, 5.41) is 11.3. The number of esters is 1. The lowest BCUT2D eigenvalue weighted by molar-refractivity contribution is -0.160. The molecule has 4 heterocycles. The molecule has 4 aromatic heterocycles. The summed E-state index contributed by atoms with van der Waals surface area (Å²) >= 11 is 0. The molecule has 6 rings (SSSR count). The van der Waals surface area contributed by atoms with Gasteiger partial charge in [0.05, 0.1) is 38.0 Å². The van der Waals surface area contributed by atoms with Crippen molar-refractivity contribution in [3.63, 3.8) is 0 Å². The van der Waals surface area contributed by atoms with E-state index in [0.717, 1.165) is 0 Å². The molecule has 4 amide bonds. The number of hydrogen-bond acceptors (Lipinski definition) is 15. The van der Waals surface area contributed by atoms with Crippen molar-refractivity contribution in [2.24, 2.45) is 0 Å². The molecule has 2 atom stereocenters. The highest BCUT2D eigenvalue weighted by molar-refractivity contribution is 6.07. The van der Waals surface area contributed by atoms with Crippen LogP contribution >= 0.6 is 0 Å². The summed E-state index contributed by atoms with van der Waals surface area (Å²) in [5.41, 5.74) is 1.08. The van der Waals surface area contributed by atoms with Crippen LogP contribution in [0.2, 0.25) is 0 Å². The van der Waals surface area contributed by atoms with E-state index in [1.165, 1.54) is 12.7 Å². The van der Waals surface area contributed by atoms with E-state index >= 15 is 0 Å². The summed E-state index contributed by atoms with van der Waals surface area (Å²) < 4.78 is 26.0. The molecule has 0 aliphatic rings. The Hall–Kier alpha value is -7.39. The predicted molar refractivity (Wildman–Crippen MR) is 241 cm³/mol. The number of imidazole rings is 2. The number of anilines is 2. The van der Waals surface area contributed by atoms with Crippen molar-refractivity contribution in [2.75, 3.05) is 37.1 Å². The number of ether oxygens (including phenoxy) is 4. The van der Waals surface area contributed by atoms with Gasteiger partial charge in [0.1, 0.15) is 37.1 Å². The van der Waals surface area contributed by atoms with Crippen LogP contribution in [0.1, 0.15) is 75.1 Å². The molecule has 348 valence electrons. The summed E-state index contributed by atoms with van der Waals surface area (Å²) in [4.78, 5) is 90.6. The fourth-order valence-electron chi connectivity index (χ4n) is 6.49. The van der Waals surface area contributed by atoms with E-state index in [4.69, 9.17) is 18.9 Å². The number of amides is 4. The lowest BCUT2D eigenvalue weighted by Gasteiger charge is -2.24. The maximum atomic E-state index is 13.4. The molecule has 0 fully saturated rings. The van der Waals surface area contributed by atoms with Crippen molar-refractivity contribution in [1.82, 2.24) is 49.7 Å². The molecule has 0 aliphatic carbocycles. The minimum absolute atomic E-state index is 0.0477. The molecule has 2 aromatic carbocycles. The number of alkyl carbamates (subject to hydrolysis) is 1.